The minimum absolute atomic E-state index is 0.102. The fourth-order valence-corrected chi connectivity index (χ4v) is 5.46. The number of carbonyl (C=O) groups is 1. The average molecular weight is 529 g/mol. The van der Waals surface area contributed by atoms with Crippen LogP contribution in [0.25, 0.3) is 5.69 Å². The number of benzene rings is 1. The van der Waals surface area contributed by atoms with Gasteiger partial charge in [-0.3, -0.25) is 14.7 Å². The summed E-state index contributed by atoms with van der Waals surface area (Å²) >= 11 is 0. The number of ketones is 1. The summed E-state index contributed by atoms with van der Waals surface area (Å²) in [5.41, 5.74) is 1.02. The highest BCUT2D eigenvalue weighted by Crippen LogP contribution is 2.38. The molecular weight excluding hydrogens is 497 g/mol. The van der Waals surface area contributed by atoms with Crippen LogP contribution in [0.2, 0.25) is 0 Å². The first-order valence-corrected chi connectivity index (χ1v) is 12.9. The number of aliphatic hydroxyl groups is 1. The highest BCUT2D eigenvalue weighted by molar-refractivity contribution is 5.98. The van der Waals surface area contributed by atoms with Gasteiger partial charge < -0.3 is 9.84 Å². The van der Waals surface area contributed by atoms with Gasteiger partial charge >= 0.3 is 6.18 Å². The molecule has 5 rings (SSSR count). The van der Waals surface area contributed by atoms with E-state index >= 15 is 0 Å². The van der Waals surface area contributed by atoms with Crippen molar-refractivity contribution in [3.63, 3.8) is 0 Å². The van der Waals surface area contributed by atoms with Crippen molar-refractivity contribution >= 4 is 5.78 Å². The van der Waals surface area contributed by atoms with E-state index < -0.39 is 17.3 Å². The molecule has 202 valence electrons. The van der Waals surface area contributed by atoms with Crippen molar-refractivity contribution in [1.82, 2.24) is 19.7 Å². The molecule has 10 heteroatoms. The van der Waals surface area contributed by atoms with Crippen molar-refractivity contribution in [3.05, 3.63) is 76.9 Å². The first-order chi connectivity index (χ1) is 18.1. The molecule has 1 saturated heterocycles. The first kappa shape index (κ1) is 26.5. The second kappa shape index (κ2) is 10.6. The van der Waals surface area contributed by atoms with E-state index in [0.29, 0.717) is 47.1 Å². The van der Waals surface area contributed by atoms with Crippen LogP contribution in [-0.4, -0.2) is 62.9 Å². The summed E-state index contributed by atoms with van der Waals surface area (Å²) in [5, 5.41) is 15.5. The molecule has 1 aromatic carbocycles. The van der Waals surface area contributed by atoms with Gasteiger partial charge in [-0.1, -0.05) is 6.07 Å². The number of pyridine rings is 1. The van der Waals surface area contributed by atoms with E-state index in [2.05, 4.69) is 15.0 Å². The van der Waals surface area contributed by atoms with Crippen LogP contribution in [0.4, 0.5) is 13.2 Å². The van der Waals surface area contributed by atoms with Crippen LogP contribution in [0.1, 0.15) is 58.6 Å². The standard InChI is InChI=1S/C28H31F3N4O3/c1-19-24(18-33-35(19)23-5-3-21(4-6-23)28(29,30)31)25(36)16-20-2-7-26(32-17-20)27(37)10-8-22(9-11-27)34-12-14-38-15-13-34/h2-7,17-18,22,37H,8-16H2,1H3. The van der Waals surface area contributed by atoms with E-state index in [0.717, 1.165) is 51.3 Å². The van der Waals surface area contributed by atoms with Gasteiger partial charge in [0.25, 0.3) is 0 Å². The van der Waals surface area contributed by atoms with Crippen molar-refractivity contribution in [2.75, 3.05) is 26.3 Å². The predicted octanol–water partition coefficient (Wildman–Crippen LogP) is 4.48. The third-order valence-electron chi connectivity index (χ3n) is 7.76. The quantitative estimate of drug-likeness (QED) is 0.476. The van der Waals surface area contributed by atoms with Gasteiger partial charge in [0.05, 0.1) is 47.6 Å². The van der Waals surface area contributed by atoms with Gasteiger partial charge in [-0.25, -0.2) is 4.68 Å². The number of halogens is 3. The molecule has 3 heterocycles. The van der Waals surface area contributed by atoms with Crippen molar-refractivity contribution in [2.45, 2.75) is 56.8 Å². The molecule has 7 nitrogen and oxygen atoms in total. The molecule has 2 aliphatic rings. The molecule has 1 aliphatic carbocycles. The van der Waals surface area contributed by atoms with Gasteiger partial charge in [-0.15, -0.1) is 0 Å². The number of carbonyl (C=O) groups excluding carboxylic acids is 1. The Labute approximate surface area is 219 Å². The molecule has 0 amide bonds. The van der Waals surface area contributed by atoms with Crippen LogP contribution in [0.15, 0.2) is 48.8 Å². The van der Waals surface area contributed by atoms with Gasteiger partial charge in [0.1, 0.15) is 5.60 Å². The number of hydrogen-bond donors (Lipinski definition) is 1. The molecule has 0 unspecified atom stereocenters. The maximum absolute atomic E-state index is 13.0. The van der Waals surface area contributed by atoms with Gasteiger partial charge in [0.2, 0.25) is 0 Å². The number of alkyl halides is 3. The number of nitrogens with zero attached hydrogens (tertiary/aromatic N) is 4. The summed E-state index contributed by atoms with van der Waals surface area (Å²) in [6, 6.07) is 8.74. The maximum atomic E-state index is 13.0. The Balaban J connectivity index is 1.22. The Morgan fingerprint density at radius 2 is 1.76 bits per heavy atom. The summed E-state index contributed by atoms with van der Waals surface area (Å²) in [7, 11) is 0. The van der Waals surface area contributed by atoms with Crippen LogP contribution in [0, 0.1) is 6.92 Å². The third kappa shape index (κ3) is 5.52. The molecule has 0 radical (unpaired) electrons. The van der Waals surface area contributed by atoms with Gasteiger partial charge in [0, 0.05) is 31.7 Å². The largest absolute Gasteiger partial charge is 0.416 e. The lowest BCUT2D eigenvalue weighted by molar-refractivity contribution is -0.137. The molecule has 2 fully saturated rings. The Bertz CT molecular complexity index is 1260. The van der Waals surface area contributed by atoms with Crippen LogP contribution >= 0.6 is 0 Å². The van der Waals surface area contributed by atoms with E-state index in [1.165, 1.54) is 23.0 Å². The van der Waals surface area contributed by atoms with Crippen molar-refractivity contribution < 1.29 is 27.8 Å². The zero-order valence-electron chi connectivity index (χ0n) is 21.2. The number of Topliss-reactive ketones (excluding diaryl/α,β-unsaturated/α-hetero) is 1. The van der Waals surface area contributed by atoms with Crippen molar-refractivity contribution in [3.8, 4) is 5.69 Å². The summed E-state index contributed by atoms with van der Waals surface area (Å²) in [4.78, 5) is 20.0. The smallest absolute Gasteiger partial charge is 0.384 e. The van der Waals surface area contributed by atoms with Crippen LogP contribution in [0.5, 0.6) is 0 Å². The molecule has 0 spiro atoms. The van der Waals surface area contributed by atoms with Crippen LogP contribution < -0.4 is 0 Å². The number of morpholine rings is 1. The van der Waals surface area contributed by atoms with E-state index in [1.54, 1.807) is 19.2 Å². The number of rotatable bonds is 6. The van der Waals surface area contributed by atoms with Gasteiger partial charge in [0.15, 0.2) is 5.78 Å². The molecular formula is C28H31F3N4O3. The first-order valence-electron chi connectivity index (χ1n) is 12.9. The monoisotopic (exact) mass is 528 g/mol. The highest BCUT2D eigenvalue weighted by atomic mass is 19.4. The molecule has 1 N–H and O–H groups in total. The molecule has 1 saturated carbocycles. The lowest BCUT2D eigenvalue weighted by Gasteiger charge is -2.41. The van der Waals surface area contributed by atoms with Gasteiger partial charge in [-0.05, 0) is 68.5 Å². The average Bonchev–Trinajstić information content (AvgIpc) is 3.31. The topological polar surface area (TPSA) is 80.5 Å². The summed E-state index contributed by atoms with van der Waals surface area (Å²) in [6.07, 6.45) is 1.85. The molecule has 0 atom stereocenters. The van der Waals surface area contributed by atoms with Crippen LogP contribution in [-0.2, 0) is 22.9 Å². The molecule has 1 aliphatic heterocycles. The minimum atomic E-state index is -4.42. The Morgan fingerprint density at radius 1 is 1.08 bits per heavy atom. The highest BCUT2D eigenvalue weighted by Gasteiger charge is 2.38. The minimum Gasteiger partial charge on any atom is -0.384 e. The Hall–Kier alpha value is -3.08. The number of aromatic nitrogens is 3. The van der Waals surface area contributed by atoms with E-state index in [9.17, 15) is 23.1 Å². The van der Waals surface area contributed by atoms with Gasteiger partial charge in [-0.2, -0.15) is 18.3 Å². The second-order valence-corrected chi connectivity index (χ2v) is 10.2. The SMILES string of the molecule is Cc1c(C(=O)Cc2ccc(C3(O)CCC(N4CCOCC4)CC3)nc2)cnn1-c1ccc(C(F)(F)F)cc1. The zero-order chi connectivity index (χ0) is 26.9. The normalized spacial score (nSPS) is 22.9. The Morgan fingerprint density at radius 3 is 2.37 bits per heavy atom. The lowest BCUT2D eigenvalue weighted by atomic mass is 9.79. The van der Waals surface area contributed by atoms with E-state index in [1.807, 2.05) is 6.07 Å². The molecule has 0 bridgehead atoms. The zero-order valence-corrected chi connectivity index (χ0v) is 21.2. The number of ether oxygens (including phenoxy) is 1. The maximum Gasteiger partial charge on any atom is 0.416 e. The summed E-state index contributed by atoms with van der Waals surface area (Å²) < 4.78 is 45.5. The van der Waals surface area contributed by atoms with E-state index in [-0.39, 0.29) is 12.2 Å². The van der Waals surface area contributed by atoms with Crippen molar-refractivity contribution in [2.24, 2.45) is 0 Å². The third-order valence-corrected chi connectivity index (χ3v) is 7.76. The predicted molar refractivity (Wildman–Crippen MR) is 134 cm³/mol. The fraction of sp³-hybridized carbons (Fsp3) is 0.464. The van der Waals surface area contributed by atoms with Crippen molar-refractivity contribution in [1.29, 1.82) is 0 Å². The molecule has 38 heavy (non-hydrogen) atoms. The fourth-order valence-electron chi connectivity index (χ4n) is 5.46. The lowest BCUT2D eigenvalue weighted by Crippen LogP contribution is -2.47. The summed E-state index contributed by atoms with van der Waals surface area (Å²) in [6.45, 7) is 5.11. The molecule has 3 aromatic rings. The molecule has 2 aromatic heterocycles. The second-order valence-electron chi connectivity index (χ2n) is 10.2. The number of hydrogen-bond acceptors (Lipinski definition) is 6. The Kier molecular flexibility index (Phi) is 7.39. The van der Waals surface area contributed by atoms with E-state index in [4.69, 9.17) is 4.74 Å². The summed E-state index contributed by atoms with van der Waals surface area (Å²) in [5.74, 6) is -0.167. The van der Waals surface area contributed by atoms with Crippen LogP contribution in [0.3, 0.4) is 0 Å².